The second-order valence-electron chi connectivity index (χ2n) is 3.69. The summed E-state index contributed by atoms with van der Waals surface area (Å²) in [5.41, 5.74) is 0.604. The number of aromatic nitrogens is 1. The second kappa shape index (κ2) is 3.22. The van der Waals surface area contributed by atoms with Gasteiger partial charge in [0.2, 0.25) is 4.34 Å². The van der Waals surface area contributed by atoms with Gasteiger partial charge in [0, 0.05) is 21.5 Å². The molecule has 0 aliphatic rings. The minimum atomic E-state index is -3.66. The van der Waals surface area contributed by atoms with Crippen LogP contribution in [0.25, 0.3) is 0 Å². The Hall–Kier alpha value is -0.130. The van der Waals surface area contributed by atoms with Gasteiger partial charge in [0.1, 0.15) is 0 Å². The molecule has 0 unspecified atom stereocenters. The highest BCUT2D eigenvalue weighted by molar-refractivity contribution is 8.14. The highest BCUT2D eigenvalue weighted by Gasteiger charge is 2.21. The Morgan fingerprint density at radius 1 is 1.46 bits per heavy atom. The van der Waals surface area contributed by atoms with E-state index in [-0.39, 0.29) is 9.75 Å². The number of halogens is 1. The van der Waals surface area contributed by atoms with Crippen LogP contribution in [0.15, 0.2) is 9.72 Å². The van der Waals surface area contributed by atoms with Gasteiger partial charge in [-0.1, -0.05) is 20.8 Å². The lowest BCUT2D eigenvalue weighted by molar-refractivity contribution is 0.566. The number of hydrogen-bond acceptors (Lipinski definition) is 4. The lowest BCUT2D eigenvalue weighted by Crippen LogP contribution is -2.11. The summed E-state index contributed by atoms with van der Waals surface area (Å²) in [7, 11) is 1.48. The van der Waals surface area contributed by atoms with E-state index < -0.39 is 9.05 Å². The Morgan fingerprint density at radius 3 is 2.23 bits per heavy atom. The van der Waals surface area contributed by atoms with Crippen molar-refractivity contribution in [1.82, 2.24) is 4.98 Å². The fourth-order valence-electron chi connectivity index (χ4n) is 0.714. The summed E-state index contributed by atoms with van der Waals surface area (Å²) in [5.74, 6) is 0. The second-order valence-corrected chi connectivity index (χ2v) is 7.28. The molecule has 1 heterocycles. The van der Waals surface area contributed by atoms with Crippen LogP contribution in [0.1, 0.15) is 26.5 Å². The first kappa shape index (κ1) is 10.9. The summed E-state index contributed by atoms with van der Waals surface area (Å²) in [5, 5.41) is 1.72. The molecule has 0 spiro atoms. The third-order valence-corrected chi connectivity index (χ3v) is 4.26. The molecule has 0 bridgehead atoms. The van der Waals surface area contributed by atoms with Crippen LogP contribution >= 0.6 is 22.0 Å². The molecule has 0 aliphatic heterocycles. The first-order valence-electron chi connectivity index (χ1n) is 3.62. The van der Waals surface area contributed by atoms with E-state index in [1.165, 1.54) is 0 Å². The minimum Gasteiger partial charge on any atom is -0.229 e. The maximum absolute atomic E-state index is 10.9. The van der Waals surface area contributed by atoms with Gasteiger partial charge in [-0.2, -0.15) is 0 Å². The zero-order valence-electron chi connectivity index (χ0n) is 7.54. The summed E-state index contributed by atoms with van der Waals surface area (Å²) in [4.78, 5) is 3.95. The molecule has 1 rings (SSSR count). The Bertz CT molecular complexity index is 402. The molecule has 0 aromatic carbocycles. The summed E-state index contributed by atoms with van der Waals surface area (Å²) >= 11 is 1.05. The Labute approximate surface area is 86.2 Å². The fraction of sp³-hybridized carbons (Fsp3) is 0.571. The lowest BCUT2D eigenvalue weighted by Gasteiger charge is -2.13. The number of nitrogens with zero attached hydrogens (tertiary/aromatic N) is 1. The molecule has 6 heteroatoms. The van der Waals surface area contributed by atoms with Crippen molar-refractivity contribution < 1.29 is 8.42 Å². The zero-order chi connectivity index (χ0) is 10.3. The van der Waals surface area contributed by atoms with Gasteiger partial charge in [-0.15, -0.1) is 11.3 Å². The number of rotatable bonds is 1. The number of thiazole rings is 1. The van der Waals surface area contributed by atoms with E-state index in [1.807, 2.05) is 20.8 Å². The van der Waals surface area contributed by atoms with Gasteiger partial charge in [0.15, 0.2) is 0 Å². The van der Waals surface area contributed by atoms with Crippen LogP contribution in [0, 0.1) is 0 Å². The molecule has 0 N–H and O–H groups in total. The monoisotopic (exact) mass is 239 g/mol. The molecule has 0 amide bonds. The average Bonchev–Trinajstić information content (AvgIpc) is 2.28. The van der Waals surface area contributed by atoms with E-state index >= 15 is 0 Å². The summed E-state index contributed by atoms with van der Waals surface area (Å²) in [6, 6.07) is 0. The van der Waals surface area contributed by atoms with E-state index in [0.29, 0.717) is 0 Å². The number of hydrogen-bond donors (Lipinski definition) is 0. The van der Waals surface area contributed by atoms with Crippen LogP contribution in [0.2, 0.25) is 0 Å². The molecule has 0 saturated heterocycles. The maximum Gasteiger partial charge on any atom is 0.288 e. The molecule has 0 saturated carbocycles. The molecule has 1 aromatic heterocycles. The van der Waals surface area contributed by atoms with Gasteiger partial charge in [0.05, 0.1) is 5.69 Å². The van der Waals surface area contributed by atoms with Crippen LogP contribution in [0.5, 0.6) is 0 Å². The standard InChI is InChI=1S/C7H10ClNO2S2/c1-7(2,3)5-4-12-6(9-5)13(8,10)11/h4H,1-3H3. The highest BCUT2D eigenvalue weighted by atomic mass is 35.7. The molecular weight excluding hydrogens is 230 g/mol. The molecule has 0 fully saturated rings. The van der Waals surface area contributed by atoms with E-state index in [2.05, 4.69) is 4.98 Å². The molecular formula is C7H10ClNO2S2. The first-order valence-corrected chi connectivity index (χ1v) is 6.81. The van der Waals surface area contributed by atoms with Gasteiger partial charge < -0.3 is 0 Å². The maximum atomic E-state index is 10.9. The van der Waals surface area contributed by atoms with Crippen LogP contribution in [-0.4, -0.2) is 13.4 Å². The van der Waals surface area contributed by atoms with E-state index in [4.69, 9.17) is 10.7 Å². The zero-order valence-corrected chi connectivity index (χ0v) is 9.92. The lowest BCUT2D eigenvalue weighted by atomic mass is 9.93. The summed E-state index contributed by atoms with van der Waals surface area (Å²) in [6.07, 6.45) is 0. The minimum absolute atomic E-state index is 0.0286. The molecule has 0 aliphatic carbocycles. The quantitative estimate of drug-likeness (QED) is 0.707. The third kappa shape index (κ3) is 2.65. The van der Waals surface area contributed by atoms with Crippen LogP contribution in [-0.2, 0) is 14.5 Å². The Kier molecular flexibility index (Phi) is 2.71. The highest BCUT2D eigenvalue weighted by Crippen LogP contribution is 2.27. The fourth-order valence-corrected chi connectivity index (χ4v) is 2.73. The van der Waals surface area contributed by atoms with Crippen molar-refractivity contribution in [3.05, 3.63) is 11.1 Å². The molecule has 1 aromatic rings. The molecule has 3 nitrogen and oxygen atoms in total. The molecule has 0 atom stereocenters. The normalized spacial score (nSPS) is 13.2. The van der Waals surface area contributed by atoms with E-state index in [0.717, 1.165) is 17.0 Å². The van der Waals surface area contributed by atoms with Crippen molar-refractivity contribution in [1.29, 1.82) is 0 Å². The van der Waals surface area contributed by atoms with Crippen molar-refractivity contribution in [3.8, 4) is 0 Å². The van der Waals surface area contributed by atoms with Crippen molar-refractivity contribution in [2.75, 3.05) is 0 Å². The SMILES string of the molecule is CC(C)(C)c1csc(S(=O)(=O)Cl)n1. The van der Waals surface area contributed by atoms with Gasteiger partial charge in [-0.3, -0.25) is 0 Å². The van der Waals surface area contributed by atoms with Gasteiger partial charge >= 0.3 is 0 Å². The van der Waals surface area contributed by atoms with E-state index in [1.54, 1.807) is 5.38 Å². The Balaban J connectivity index is 3.16. The van der Waals surface area contributed by atoms with Gasteiger partial charge in [-0.05, 0) is 0 Å². The predicted octanol–water partition coefficient (Wildman–Crippen LogP) is 2.37. The van der Waals surface area contributed by atoms with Crippen molar-refractivity contribution >= 4 is 31.1 Å². The van der Waals surface area contributed by atoms with Crippen LogP contribution < -0.4 is 0 Å². The van der Waals surface area contributed by atoms with E-state index in [9.17, 15) is 8.42 Å². The van der Waals surface area contributed by atoms with Crippen LogP contribution in [0.4, 0.5) is 0 Å². The summed E-state index contributed by atoms with van der Waals surface area (Å²) < 4.78 is 21.7. The molecule has 0 radical (unpaired) electrons. The van der Waals surface area contributed by atoms with Crippen molar-refractivity contribution in [2.45, 2.75) is 30.5 Å². The largest absolute Gasteiger partial charge is 0.288 e. The van der Waals surface area contributed by atoms with Crippen LogP contribution in [0.3, 0.4) is 0 Å². The van der Waals surface area contributed by atoms with Crippen molar-refractivity contribution in [2.24, 2.45) is 0 Å². The van der Waals surface area contributed by atoms with Gasteiger partial charge in [0.25, 0.3) is 9.05 Å². The predicted molar refractivity (Wildman–Crippen MR) is 53.9 cm³/mol. The first-order chi connectivity index (χ1) is 5.71. The summed E-state index contributed by atoms with van der Waals surface area (Å²) in [6.45, 7) is 5.89. The third-order valence-electron chi connectivity index (χ3n) is 1.46. The molecule has 74 valence electrons. The van der Waals surface area contributed by atoms with Gasteiger partial charge in [-0.25, -0.2) is 13.4 Å². The smallest absolute Gasteiger partial charge is 0.229 e. The average molecular weight is 240 g/mol. The topological polar surface area (TPSA) is 47.0 Å². The van der Waals surface area contributed by atoms with Crippen molar-refractivity contribution in [3.63, 3.8) is 0 Å². The Morgan fingerprint density at radius 2 is 2.00 bits per heavy atom. The molecule has 13 heavy (non-hydrogen) atoms.